The summed E-state index contributed by atoms with van der Waals surface area (Å²) in [6.45, 7) is 4.82. The quantitative estimate of drug-likeness (QED) is 0.808. The second kappa shape index (κ2) is 4.69. The normalized spacial score (nSPS) is 12.5. The third kappa shape index (κ3) is 3.81. The molecule has 0 fully saturated rings. The SMILES string of the molecule is Cc1cc(NC(=O)C(C)(C)NS(C)(=O)=O)nn1C. The van der Waals surface area contributed by atoms with Crippen LogP contribution in [0.15, 0.2) is 6.07 Å². The fourth-order valence-corrected chi connectivity index (χ4v) is 2.42. The van der Waals surface area contributed by atoms with Crippen LogP contribution in [0.3, 0.4) is 0 Å². The summed E-state index contributed by atoms with van der Waals surface area (Å²) >= 11 is 0. The number of nitrogens with zero attached hydrogens (tertiary/aromatic N) is 2. The van der Waals surface area contributed by atoms with Crippen LogP contribution in [-0.2, 0) is 21.9 Å². The number of rotatable bonds is 4. The zero-order valence-corrected chi connectivity index (χ0v) is 11.9. The molecule has 8 heteroatoms. The number of sulfonamides is 1. The highest BCUT2D eigenvalue weighted by molar-refractivity contribution is 7.88. The maximum absolute atomic E-state index is 11.9. The highest BCUT2D eigenvalue weighted by atomic mass is 32.2. The van der Waals surface area contributed by atoms with Gasteiger partial charge in [-0.2, -0.15) is 5.10 Å². The van der Waals surface area contributed by atoms with Gasteiger partial charge in [-0.05, 0) is 20.8 Å². The molecule has 0 atom stereocenters. The van der Waals surface area contributed by atoms with E-state index in [-0.39, 0.29) is 0 Å². The zero-order valence-electron chi connectivity index (χ0n) is 11.1. The van der Waals surface area contributed by atoms with Crippen LogP contribution in [-0.4, -0.2) is 35.9 Å². The first-order chi connectivity index (χ1) is 8.01. The van der Waals surface area contributed by atoms with Crippen LogP contribution in [0.25, 0.3) is 0 Å². The van der Waals surface area contributed by atoms with Crippen molar-refractivity contribution in [3.8, 4) is 0 Å². The molecular formula is C10H18N4O3S. The minimum Gasteiger partial charge on any atom is -0.308 e. The monoisotopic (exact) mass is 274 g/mol. The van der Waals surface area contributed by atoms with Gasteiger partial charge in [0.2, 0.25) is 15.9 Å². The van der Waals surface area contributed by atoms with Gasteiger partial charge in [-0.3, -0.25) is 9.48 Å². The molecule has 0 bridgehead atoms. The average molecular weight is 274 g/mol. The van der Waals surface area contributed by atoms with E-state index in [9.17, 15) is 13.2 Å². The molecule has 0 aliphatic carbocycles. The molecule has 1 aromatic heterocycles. The Hall–Kier alpha value is -1.41. The van der Waals surface area contributed by atoms with E-state index in [4.69, 9.17) is 0 Å². The Kier molecular flexibility index (Phi) is 3.82. The number of hydrogen-bond donors (Lipinski definition) is 2. The second-order valence-electron chi connectivity index (χ2n) is 4.75. The summed E-state index contributed by atoms with van der Waals surface area (Å²) in [7, 11) is -1.70. The number of carbonyl (C=O) groups excluding carboxylic acids is 1. The molecule has 102 valence electrons. The molecule has 0 aliphatic rings. The maximum Gasteiger partial charge on any atom is 0.246 e. The highest BCUT2D eigenvalue weighted by Gasteiger charge is 2.31. The van der Waals surface area contributed by atoms with Crippen molar-refractivity contribution in [2.45, 2.75) is 26.3 Å². The zero-order chi connectivity index (χ0) is 14.1. The predicted octanol–water partition coefficient (Wildman–Crippen LogP) is -0.00518. The van der Waals surface area contributed by atoms with E-state index < -0.39 is 21.5 Å². The van der Waals surface area contributed by atoms with Gasteiger partial charge in [0.25, 0.3) is 0 Å². The van der Waals surface area contributed by atoms with Crippen LogP contribution in [0.1, 0.15) is 19.5 Å². The van der Waals surface area contributed by atoms with Crippen LogP contribution in [0.4, 0.5) is 5.82 Å². The van der Waals surface area contributed by atoms with Gasteiger partial charge in [0.1, 0.15) is 5.54 Å². The summed E-state index contributed by atoms with van der Waals surface area (Å²) < 4.78 is 26.2. The Morgan fingerprint density at radius 2 is 2.00 bits per heavy atom. The fourth-order valence-electron chi connectivity index (χ4n) is 1.40. The second-order valence-corrected chi connectivity index (χ2v) is 6.50. The molecule has 0 aromatic carbocycles. The largest absolute Gasteiger partial charge is 0.308 e. The van der Waals surface area contributed by atoms with Crippen LogP contribution < -0.4 is 10.0 Å². The predicted molar refractivity (Wildman–Crippen MR) is 68.6 cm³/mol. The Bertz CT molecular complexity index is 540. The Morgan fingerprint density at radius 1 is 1.44 bits per heavy atom. The van der Waals surface area contributed by atoms with Gasteiger partial charge in [-0.25, -0.2) is 13.1 Å². The first-order valence-electron chi connectivity index (χ1n) is 5.32. The number of carbonyl (C=O) groups is 1. The van der Waals surface area contributed by atoms with Gasteiger partial charge in [-0.1, -0.05) is 0 Å². The van der Waals surface area contributed by atoms with Crippen molar-refractivity contribution in [2.24, 2.45) is 7.05 Å². The lowest BCUT2D eigenvalue weighted by atomic mass is 10.1. The molecule has 1 rings (SSSR count). The molecule has 1 aromatic rings. The summed E-state index contributed by atoms with van der Waals surface area (Å²) in [5, 5.41) is 6.64. The van der Waals surface area contributed by atoms with E-state index in [2.05, 4.69) is 15.1 Å². The number of hydrogen-bond acceptors (Lipinski definition) is 4. The van der Waals surface area contributed by atoms with Crippen molar-refractivity contribution in [3.63, 3.8) is 0 Å². The molecule has 2 N–H and O–H groups in total. The third-order valence-electron chi connectivity index (χ3n) is 2.36. The number of aryl methyl sites for hydroxylation is 2. The van der Waals surface area contributed by atoms with Crippen molar-refractivity contribution >= 4 is 21.7 Å². The molecule has 0 saturated heterocycles. The summed E-state index contributed by atoms with van der Waals surface area (Å²) in [6.07, 6.45) is 1.01. The number of aromatic nitrogens is 2. The van der Waals surface area contributed by atoms with E-state index in [0.29, 0.717) is 5.82 Å². The molecule has 18 heavy (non-hydrogen) atoms. The van der Waals surface area contributed by atoms with Crippen LogP contribution in [0.2, 0.25) is 0 Å². The Morgan fingerprint density at radius 3 is 2.39 bits per heavy atom. The van der Waals surface area contributed by atoms with E-state index in [1.807, 2.05) is 6.92 Å². The molecule has 1 amide bonds. The topological polar surface area (TPSA) is 93.1 Å². The first-order valence-corrected chi connectivity index (χ1v) is 7.21. The summed E-state index contributed by atoms with van der Waals surface area (Å²) in [5.74, 6) is -0.0746. The molecule has 0 aliphatic heterocycles. The van der Waals surface area contributed by atoms with Crippen molar-refractivity contribution in [1.82, 2.24) is 14.5 Å². The lowest BCUT2D eigenvalue weighted by molar-refractivity contribution is -0.120. The molecule has 1 heterocycles. The standard InChI is InChI=1S/C10H18N4O3S/c1-7-6-8(12-14(7)4)11-9(15)10(2,3)13-18(5,16)17/h6,13H,1-5H3,(H,11,12,15). The first kappa shape index (κ1) is 14.7. The Labute approximate surface area is 107 Å². The number of nitrogens with one attached hydrogen (secondary N) is 2. The molecule has 0 unspecified atom stereocenters. The van der Waals surface area contributed by atoms with Gasteiger partial charge in [0.05, 0.1) is 6.26 Å². The lowest BCUT2D eigenvalue weighted by Gasteiger charge is -2.23. The summed E-state index contributed by atoms with van der Waals surface area (Å²) in [6, 6.07) is 1.70. The van der Waals surface area contributed by atoms with Gasteiger partial charge in [0, 0.05) is 18.8 Å². The van der Waals surface area contributed by atoms with Crippen LogP contribution in [0.5, 0.6) is 0 Å². The van der Waals surface area contributed by atoms with Gasteiger partial charge < -0.3 is 5.32 Å². The lowest BCUT2D eigenvalue weighted by Crippen LogP contribution is -2.51. The molecule has 0 saturated carbocycles. The molecule has 0 radical (unpaired) electrons. The van der Waals surface area contributed by atoms with Gasteiger partial charge >= 0.3 is 0 Å². The van der Waals surface area contributed by atoms with Crippen molar-refractivity contribution in [3.05, 3.63) is 11.8 Å². The van der Waals surface area contributed by atoms with Gasteiger partial charge in [0.15, 0.2) is 5.82 Å². The van der Waals surface area contributed by atoms with E-state index in [1.54, 1.807) is 17.8 Å². The third-order valence-corrected chi connectivity index (χ3v) is 3.24. The molecule has 7 nitrogen and oxygen atoms in total. The van der Waals surface area contributed by atoms with Crippen molar-refractivity contribution in [2.75, 3.05) is 11.6 Å². The highest BCUT2D eigenvalue weighted by Crippen LogP contribution is 2.11. The van der Waals surface area contributed by atoms with E-state index >= 15 is 0 Å². The minimum atomic E-state index is -3.46. The molecule has 0 spiro atoms. The average Bonchev–Trinajstić information content (AvgIpc) is 2.41. The Balaban J connectivity index is 2.82. The van der Waals surface area contributed by atoms with E-state index in [0.717, 1.165) is 11.9 Å². The van der Waals surface area contributed by atoms with Gasteiger partial charge in [-0.15, -0.1) is 0 Å². The fraction of sp³-hybridized carbons (Fsp3) is 0.600. The molecular weight excluding hydrogens is 256 g/mol. The van der Waals surface area contributed by atoms with Crippen LogP contribution in [0, 0.1) is 6.92 Å². The van der Waals surface area contributed by atoms with Crippen LogP contribution >= 0.6 is 0 Å². The van der Waals surface area contributed by atoms with Crippen molar-refractivity contribution in [1.29, 1.82) is 0 Å². The van der Waals surface area contributed by atoms with E-state index in [1.165, 1.54) is 13.8 Å². The smallest absolute Gasteiger partial charge is 0.246 e. The van der Waals surface area contributed by atoms with Crippen molar-refractivity contribution < 1.29 is 13.2 Å². The minimum absolute atomic E-state index is 0.392. The number of anilines is 1. The summed E-state index contributed by atoms with van der Waals surface area (Å²) in [5.41, 5.74) is -0.349. The number of amides is 1. The maximum atomic E-state index is 11.9. The summed E-state index contributed by atoms with van der Waals surface area (Å²) in [4.78, 5) is 11.9.